The third kappa shape index (κ3) is 5.82. The summed E-state index contributed by atoms with van der Waals surface area (Å²) in [6.45, 7) is 2.33. The molecule has 0 amide bonds. The number of pyridine rings is 2. The first-order valence-corrected chi connectivity index (χ1v) is 13.6. The number of hydrogen-bond acceptors (Lipinski definition) is 6. The summed E-state index contributed by atoms with van der Waals surface area (Å²) in [6, 6.07) is 11.9. The van der Waals surface area contributed by atoms with Gasteiger partial charge in [0.15, 0.2) is 6.29 Å². The lowest BCUT2D eigenvalue weighted by Gasteiger charge is -2.34. The lowest BCUT2D eigenvalue weighted by molar-refractivity contribution is 0.112. The van der Waals surface area contributed by atoms with Gasteiger partial charge in [0, 0.05) is 70.8 Å². The molecule has 3 aromatic rings. The van der Waals surface area contributed by atoms with E-state index in [-0.39, 0.29) is 5.92 Å². The van der Waals surface area contributed by atoms with E-state index in [0.29, 0.717) is 11.6 Å². The van der Waals surface area contributed by atoms with E-state index in [9.17, 15) is 4.79 Å². The number of hydrogen-bond donors (Lipinski definition) is 0. The molecule has 5 nitrogen and oxygen atoms in total. The van der Waals surface area contributed by atoms with Gasteiger partial charge in [-0.1, -0.05) is 48.1 Å². The van der Waals surface area contributed by atoms with Crippen molar-refractivity contribution in [2.24, 2.45) is 5.92 Å². The molecule has 3 heterocycles. The third-order valence-corrected chi connectivity index (χ3v) is 8.32. The molecular formula is C29H29ClN4OS. The molecule has 1 aromatic carbocycles. The van der Waals surface area contributed by atoms with E-state index in [1.165, 1.54) is 32.4 Å². The molecule has 2 aromatic heterocycles. The molecule has 0 spiro atoms. The molecule has 2 aliphatic rings. The number of allylic oxidation sites excluding steroid dienone is 1. The molecule has 0 bridgehead atoms. The summed E-state index contributed by atoms with van der Waals surface area (Å²) in [4.78, 5) is 20.4. The summed E-state index contributed by atoms with van der Waals surface area (Å²) in [6.07, 6.45) is 12.3. The van der Waals surface area contributed by atoms with Crippen molar-refractivity contribution in [3.63, 3.8) is 0 Å². The average molecular weight is 517 g/mol. The Balaban J connectivity index is 1.25. The molecule has 184 valence electrons. The Bertz CT molecular complexity index is 1320. The highest BCUT2D eigenvalue weighted by molar-refractivity contribution is 7.94. The van der Waals surface area contributed by atoms with Gasteiger partial charge in [0.2, 0.25) is 0 Å². The molecule has 0 saturated carbocycles. The van der Waals surface area contributed by atoms with Crippen LogP contribution in [0.5, 0.6) is 0 Å². The highest BCUT2D eigenvalue weighted by Crippen LogP contribution is 2.33. The van der Waals surface area contributed by atoms with Crippen molar-refractivity contribution in [1.29, 1.82) is 0 Å². The van der Waals surface area contributed by atoms with Gasteiger partial charge in [-0.3, -0.25) is 9.78 Å². The van der Waals surface area contributed by atoms with Crippen molar-refractivity contribution in [2.45, 2.75) is 38.1 Å². The molecule has 1 aliphatic carbocycles. The lowest BCUT2D eigenvalue weighted by Crippen LogP contribution is -2.34. The maximum absolute atomic E-state index is 11.6. The van der Waals surface area contributed by atoms with Gasteiger partial charge in [-0.15, -0.1) is 0 Å². The van der Waals surface area contributed by atoms with Crippen LogP contribution in [0, 0.1) is 17.8 Å². The molecule has 0 radical (unpaired) electrons. The monoisotopic (exact) mass is 516 g/mol. The van der Waals surface area contributed by atoms with E-state index in [2.05, 4.69) is 38.6 Å². The van der Waals surface area contributed by atoms with Gasteiger partial charge in [0.25, 0.3) is 0 Å². The van der Waals surface area contributed by atoms with Crippen LogP contribution in [0.15, 0.2) is 59.9 Å². The quantitative estimate of drug-likeness (QED) is 0.224. The van der Waals surface area contributed by atoms with Crippen LogP contribution < -0.4 is 0 Å². The Morgan fingerprint density at radius 1 is 1.14 bits per heavy atom. The topological polar surface area (TPSA) is 49.3 Å². The predicted octanol–water partition coefficient (Wildman–Crippen LogP) is 6.34. The second-order valence-corrected chi connectivity index (χ2v) is 11.0. The standard InChI is InChI=1S/C29H29ClN4OS/c1-33(36-34-15-3-2-4-16-34)25-12-11-22(27(30)18-25)8-5-21-6-9-23(10-7-21)29-17-24(20-35)26-19-31-14-13-28(26)32-29/h6-7,9-10,13-14,17-20,22,25H,2-4,11-12,15-16H2,1H3. The predicted molar refractivity (Wildman–Crippen MR) is 148 cm³/mol. The number of carbonyl (C=O) groups excluding carboxylic acids is 1. The fourth-order valence-corrected chi connectivity index (χ4v) is 6.09. The van der Waals surface area contributed by atoms with E-state index in [1.807, 2.05) is 42.5 Å². The van der Waals surface area contributed by atoms with Gasteiger partial charge in [0.1, 0.15) is 0 Å². The smallest absolute Gasteiger partial charge is 0.150 e. The third-order valence-electron chi connectivity index (χ3n) is 6.80. The highest BCUT2D eigenvalue weighted by atomic mass is 35.5. The second kappa shape index (κ2) is 11.6. The molecule has 1 saturated heterocycles. The Morgan fingerprint density at radius 3 is 2.69 bits per heavy atom. The van der Waals surface area contributed by atoms with Crippen molar-refractivity contribution in [2.75, 3.05) is 20.1 Å². The van der Waals surface area contributed by atoms with Crippen LogP contribution >= 0.6 is 23.7 Å². The van der Waals surface area contributed by atoms with Gasteiger partial charge in [-0.25, -0.2) is 13.6 Å². The Labute approximate surface area is 222 Å². The maximum atomic E-state index is 11.6. The Hall–Kier alpha value is -2.69. The molecule has 2 unspecified atom stereocenters. The van der Waals surface area contributed by atoms with E-state index in [1.54, 1.807) is 18.5 Å². The zero-order chi connectivity index (χ0) is 24.9. The van der Waals surface area contributed by atoms with E-state index in [0.717, 1.165) is 51.9 Å². The van der Waals surface area contributed by atoms with E-state index < -0.39 is 0 Å². The molecule has 5 rings (SSSR count). The summed E-state index contributed by atoms with van der Waals surface area (Å²) in [5, 5.41) is 1.60. The van der Waals surface area contributed by atoms with Crippen LogP contribution in [0.2, 0.25) is 0 Å². The van der Waals surface area contributed by atoms with Crippen LogP contribution in [-0.2, 0) is 0 Å². The number of aldehydes is 1. The van der Waals surface area contributed by atoms with Crippen LogP contribution in [0.25, 0.3) is 22.2 Å². The van der Waals surface area contributed by atoms with Crippen molar-refractivity contribution < 1.29 is 4.79 Å². The van der Waals surface area contributed by atoms with Crippen molar-refractivity contribution in [3.8, 4) is 23.1 Å². The minimum Gasteiger partial charge on any atom is -0.298 e. The number of carbonyl (C=O) groups is 1. The number of benzene rings is 1. The second-order valence-electron chi connectivity index (χ2n) is 9.32. The summed E-state index contributed by atoms with van der Waals surface area (Å²) >= 11 is 8.52. The number of piperidine rings is 1. The van der Waals surface area contributed by atoms with Crippen LogP contribution in [0.4, 0.5) is 0 Å². The molecule has 36 heavy (non-hydrogen) atoms. The fraction of sp³-hybridized carbons (Fsp3) is 0.345. The first kappa shape index (κ1) is 25.0. The lowest BCUT2D eigenvalue weighted by atomic mass is 9.92. The minimum atomic E-state index is 0.0712. The van der Waals surface area contributed by atoms with Gasteiger partial charge in [0.05, 0.1) is 17.1 Å². The molecule has 2 atom stereocenters. The largest absolute Gasteiger partial charge is 0.298 e. The van der Waals surface area contributed by atoms with Gasteiger partial charge in [-0.05, 0) is 57.0 Å². The number of likely N-dealkylation sites (N-methyl/N-ethyl adjacent to an activating group) is 1. The SMILES string of the molecule is CN(SN1CCCCC1)C1C=C(Cl)C(C#Cc2ccc(-c3cc(C=O)c4cnccc4n3)cc2)CC1. The normalized spacial score (nSPS) is 20.6. The summed E-state index contributed by atoms with van der Waals surface area (Å²) in [5.41, 5.74) is 3.97. The zero-order valence-electron chi connectivity index (χ0n) is 20.4. The van der Waals surface area contributed by atoms with Crippen molar-refractivity contribution >= 4 is 40.9 Å². The summed E-state index contributed by atoms with van der Waals surface area (Å²) < 4.78 is 4.80. The Kier molecular flexibility index (Phi) is 8.03. The number of fused-ring (bicyclic) bond motifs is 1. The van der Waals surface area contributed by atoms with Crippen LogP contribution in [0.3, 0.4) is 0 Å². The number of halogens is 1. The average Bonchev–Trinajstić information content (AvgIpc) is 2.92. The van der Waals surface area contributed by atoms with Gasteiger partial charge in [-0.2, -0.15) is 0 Å². The van der Waals surface area contributed by atoms with Gasteiger partial charge < -0.3 is 0 Å². The Morgan fingerprint density at radius 2 is 1.94 bits per heavy atom. The maximum Gasteiger partial charge on any atom is 0.150 e. The fourth-order valence-electron chi connectivity index (χ4n) is 4.71. The first-order chi connectivity index (χ1) is 17.6. The molecule has 1 fully saturated rings. The summed E-state index contributed by atoms with van der Waals surface area (Å²) in [5.74, 6) is 6.74. The zero-order valence-corrected chi connectivity index (χ0v) is 21.9. The van der Waals surface area contributed by atoms with E-state index in [4.69, 9.17) is 16.6 Å². The van der Waals surface area contributed by atoms with Crippen molar-refractivity contribution in [3.05, 3.63) is 71.0 Å². The van der Waals surface area contributed by atoms with Crippen molar-refractivity contribution in [1.82, 2.24) is 18.6 Å². The molecule has 7 heteroatoms. The highest BCUT2D eigenvalue weighted by Gasteiger charge is 2.25. The summed E-state index contributed by atoms with van der Waals surface area (Å²) in [7, 11) is 2.16. The van der Waals surface area contributed by atoms with Crippen LogP contribution in [0.1, 0.15) is 48.0 Å². The first-order valence-electron chi connectivity index (χ1n) is 12.5. The molecular weight excluding hydrogens is 488 g/mol. The molecule has 1 aliphatic heterocycles. The number of aromatic nitrogens is 2. The van der Waals surface area contributed by atoms with E-state index >= 15 is 0 Å². The number of rotatable bonds is 5. The number of nitrogens with zero attached hydrogens (tertiary/aromatic N) is 4. The van der Waals surface area contributed by atoms with Gasteiger partial charge >= 0.3 is 0 Å². The molecule has 0 N–H and O–H groups in total. The van der Waals surface area contributed by atoms with Crippen LogP contribution in [-0.4, -0.2) is 51.0 Å². The minimum absolute atomic E-state index is 0.0712.